The topological polar surface area (TPSA) is 82.5 Å². The molecular weight excluding hydrogens is 510 g/mol. The zero-order chi connectivity index (χ0) is 26.8. The molecule has 1 atom stereocenters. The molecule has 8 heteroatoms. The van der Waals surface area contributed by atoms with Gasteiger partial charge >= 0.3 is 0 Å². The first-order valence-corrected chi connectivity index (χ1v) is 13.4. The molecular formula is C31H25N3O4S. The summed E-state index contributed by atoms with van der Waals surface area (Å²) in [7, 11) is 1.96. The summed E-state index contributed by atoms with van der Waals surface area (Å²) in [6.07, 6.45) is 0.495. The Morgan fingerprint density at radius 2 is 1.54 bits per heavy atom. The molecule has 1 N–H and O–H groups in total. The van der Waals surface area contributed by atoms with E-state index in [1.165, 1.54) is 5.56 Å². The molecule has 0 saturated carbocycles. The van der Waals surface area contributed by atoms with Crippen molar-refractivity contribution >= 4 is 33.9 Å². The lowest BCUT2D eigenvalue weighted by molar-refractivity contribution is -0.118. The Morgan fingerprint density at radius 1 is 0.846 bits per heavy atom. The Labute approximate surface area is 229 Å². The monoisotopic (exact) mass is 535 g/mol. The van der Waals surface area contributed by atoms with E-state index in [2.05, 4.69) is 29.6 Å². The maximum atomic E-state index is 11.8. The molecule has 0 bridgehead atoms. The highest BCUT2D eigenvalue weighted by Crippen LogP contribution is 2.29. The fraction of sp³-hybridized carbons (Fsp3) is 0.129. The number of thioether (sulfide) groups is 1. The third kappa shape index (κ3) is 5.51. The molecule has 1 aliphatic rings. The van der Waals surface area contributed by atoms with Gasteiger partial charge < -0.3 is 14.0 Å². The third-order valence-electron chi connectivity index (χ3n) is 6.62. The third-order valence-corrected chi connectivity index (χ3v) is 7.60. The highest BCUT2D eigenvalue weighted by atomic mass is 32.2. The van der Waals surface area contributed by atoms with Crippen molar-refractivity contribution in [2.75, 3.05) is 0 Å². The second kappa shape index (κ2) is 10.7. The predicted octanol–water partition coefficient (Wildman–Crippen LogP) is 6.51. The fourth-order valence-corrected chi connectivity index (χ4v) is 5.37. The van der Waals surface area contributed by atoms with Gasteiger partial charge in [0, 0.05) is 13.1 Å². The highest BCUT2D eigenvalue weighted by molar-refractivity contribution is 8.15. The van der Waals surface area contributed by atoms with E-state index in [0.717, 1.165) is 51.2 Å². The van der Waals surface area contributed by atoms with E-state index in [1.54, 1.807) is 0 Å². The van der Waals surface area contributed by atoms with E-state index in [1.807, 2.05) is 84.4 Å². The fourth-order valence-electron chi connectivity index (χ4n) is 4.51. The first kappa shape index (κ1) is 24.8. The van der Waals surface area contributed by atoms with Gasteiger partial charge in [-0.2, -0.15) is 0 Å². The van der Waals surface area contributed by atoms with Gasteiger partial charge in [0.15, 0.2) is 0 Å². The van der Waals surface area contributed by atoms with Gasteiger partial charge in [0.05, 0.1) is 16.3 Å². The minimum absolute atomic E-state index is 0.235. The summed E-state index contributed by atoms with van der Waals surface area (Å²) in [5.74, 6) is 2.75. The van der Waals surface area contributed by atoms with Crippen molar-refractivity contribution in [3.8, 4) is 28.4 Å². The molecule has 2 heterocycles. The number of carbonyl (C=O) groups excluding carboxylic acids is 2. The van der Waals surface area contributed by atoms with Gasteiger partial charge in [-0.1, -0.05) is 66.4 Å². The zero-order valence-electron chi connectivity index (χ0n) is 21.2. The van der Waals surface area contributed by atoms with Crippen molar-refractivity contribution in [2.24, 2.45) is 7.05 Å². The quantitative estimate of drug-likeness (QED) is 0.244. The number of aryl methyl sites for hydroxylation is 1. The van der Waals surface area contributed by atoms with Crippen LogP contribution >= 0.6 is 11.8 Å². The molecule has 5 aromatic rings. The van der Waals surface area contributed by atoms with Crippen molar-refractivity contribution in [3.05, 3.63) is 108 Å². The number of benzene rings is 4. The predicted molar refractivity (Wildman–Crippen MR) is 152 cm³/mol. The number of hydrogen-bond acceptors (Lipinski definition) is 6. The second-order valence-corrected chi connectivity index (χ2v) is 10.4. The Balaban J connectivity index is 1.10. The van der Waals surface area contributed by atoms with E-state index in [-0.39, 0.29) is 16.4 Å². The first-order chi connectivity index (χ1) is 19.0. The van der Waals surface area contributed by atoms with E-state index in [4.69, 9.17) is 14.5 Å². The Hall–Kier alpha value is -4.56. The first-order valence-electron chi connectivity index (χ1n) is 12.5. The lowest BCUT2D eigenvalue weighted by Gasteiger charge is -2.09. The molecule has 39 heavy (non-hydrogen) atoms. The average Bonchev–Trinajstić information content (AvgIpc) is 3.45. The van der Waals surface area contributed by atoms with Gasteiger partial charge in [-0.25, -0.2) is 4.98 Å². The van der Waals surface area contributed by atoms with Gasteiger partial charge in [-0.3, -0.25) is 14.9 Å². The average molecular weight is 536 g/mol. The molecule has 1 unspecified atom stereocenters. The summed E-state index contributed by atoms with van der Waals surface area (Å²) in [6, 6.07) is 31.7. The van der Waals surface area contributed by atoms with Gasteiger partial charge in [-0.15, -0.1) is 0 Å². The number of imidazole rings is 1. The number of nitrogens with one attached hydrogen (secondary N) is 1. The van der Waals surface area contributed by atoms with Gasteiger partial charge in [0.2, 0.25) is 5.91 Å². The van der Waals surface area contributed by atoms with Crippen molar-refractivity contribution in [1.29, 1.82) is 0 Å². The molecule has 0 radical (unpaired) electrons. The number of aromatic nitrogens is 2. The molecule has 0 aliphatic carbocycles. The lowest BCUT2D eigenvalue weighted by Crippen LogP contribution is -2.25. The number of imide groups is 1. The van der Waals surface area contributed by atoms with Crippen LogP contribution in [0, 0.1) is 0 Å². The van der Waals surface area contributed by atoms with Crippen LogP contribution in [0.25, 0.3) is 22.2 Å². The van der Waals surface area contributed by atoms with Crippen molar-refractivity contribution in [3.63, 3.8) is 0 Å². The maximum Gasteiger partial charge on any atom is 0.286 e. The molecule has 194 valence electrons. The SMILES string of the molecule is Cn1c(COc2ccc(CC3SC(=O)NC3=O)cc2)nc2ccc(Oc3ccc(-c4ccccc4)cc3)cc21. The van der Waals surface area contributed by atoms with Gasteiger partial charge in [0.25, 0.3) is 5.24 Å². The van der Waals surface area contributed by atoms with E-state index < -0.39 is 0 Å². The summed E-state index contributed by atoms with van der Waals surface area (Å²) in [4.78, 5) is 27.9. The minimum Gasteiger partial charge on any atom is -0.486 e. The van der Waals surface area contributed by atoms with Crippen LogP contribution in [-0.4, -0.2) is 25.9 Å². The van der Waals surface area contributed by atoms with Crippen LogP contribution in [0.3, 0.4) is 0 Å². The number of ether oxygens (including phenoxy) is 2. The van der Waals surface area contributed by atoms with E-state index >= 15 is 0 Å². The molecule has 1 saturated heterocycles. The number of nitrogens with zero attached hydrogens (tertiary/aromatic N) is 2. The van der Waals surface area contributed by atoms with Gasteiger partial charge in [-0.05, 0) is 59.5 Å². The highest BCUT2D eigenvalue weighted by Gasteiger charge is 2.31. The Morgan fingerprint density at radius 3 is 2.26 bits per heavy atom. The van der Waals surface area contributed by atoms with Crippen LogP contribution < -0.4 is 14.8 Å². The number of carbonyl (C=O) groups is 2. The van der Waals surface area contributed by atoms with Crippen LogP contribution in [0.5, 0.6) is 17.2 Å². The summed E-state index contributed by atoms with van der Waals surface area (Å²) < 4.78 is 14.1. The molecule has 1 fully saturated rings. The van der Waals surface area contributed by atoms with E-state index in [9.17, 15) is 9.59 Å². The minimum atomic E-state index is -0.383. The maximum absolute atomic E-state index is 11.8. The van der Waals surface area contributed by atoms with Crippen LogP contribution in [0.15, 0.2) is 97.1 Å². The van der Waals surface area contributed by atoms with Crippen LogP contribution in [0.1, 0.15) is 11.4 Å². The van der Waals surface area contributed by atoms with Crippen LogP contribution in [0.2, 0.25) is 0 Å². The van der Waals surface area contributed by atoms with Crippen molar-refractivity contribution in [2.45, 2.75) is 18.3 Å². The number of hydrogen-bond donors (Lipinski definition) is 1. The van der Waals surface area contributed by atoms with Crippen molar-refractivity contribution < 1.29 is 19.1 Å². The van der Waals surface area contributed by atoms with Crippen LogP contribution in [-0.2, 0) is 24.9 Å². The molecule has 1 aliphatic heterocycles. The number of fused-ring (bicyclic) bond motifs is 1. The zero-order valence-corrected chi connectivity index (χ0v) is 22.0. The molecule has 0 spiro atoms. The summed E-state index contributed by atoms with van der Waals surface area (Å²) in [5.41, 5.74) is 5.08. The Bertz CT molecular complexity index is 1650. The lowest BCUT2D eigenvalue weighted by atomic mass is 10.1. The smallest absolute Gasteiger partial charge is 0.286 e. The molecule has 1 aromatic heterocycles. The van der Waals surface area contributed by atoms with Crippen molar-refractivity contribution in [1.82, 2.24) is 14.9 Å². The second-order valence-electron chi connectivity index (χ2n) is 9.25. The summed E-state index contributed by atoms with van der Waals surface area (Å²) in [5, 5.41) is 1.65. The molecule has 2 amide bonds. The number of amides is 2. The van der Waals surface area contributed by atoms with E-state index in [0.29, 0.717) is 18.8 Å². The van der Waals surface area contributed by atoms with Crippen LogP contribution in [0.4, 0.5) is 4.79 Å². The molecule has 6 rings (SSSR count). The van der Waals surface area contributed by atoms with Gasteiger partial charge in [0.1, 0.15) is 29.7 Å². The number of rotatable bonds is 8. The normalized spacial score (nSPS) is 14.9. The largest absolute Gasteiger partial charge is 0.486 e. The summed E-state index contributed by atoms with van der Waals surface area (Å²) in [6.45, 7) is 0.303. The Kier molecular flexibility index (Phi) is 6.77. The molecule has 7 nitrogen and oxygen atoms in total. The molecule has 4 aromatic carbocycles. The standard InChI is InChI=1S/C31H25N3O4S/c1-34-27-18-25(38-24-13-9-22(10-14-24)21-5-3-2-4-6-21)15-16-26(27)32-29(34)19-37-23-11-7-20(8-12-23)17-28-30(35)33-31(36)39-28/h2-16,18,28H,17,19H2,1H3,(H,33,35,36). The summed E-state index contributed by atoms with van der Waals surface area (Å²) >= 11 is 1.03.